The summed E-state index contributed by atoms with van der Waals surface area (Å²) in [5.41, 5.74) is 0.973. The van der Waals surface area contributed by atoms with E-state index in [-0.39, 0.29) is 17.3 Å². The zero-order valence-electron chi connectivity index (χ0n) is 10.6. The standard InChI is InChI=1S/C13H10N4O3/c1-19-12-10(5-3-7-14-12)13(18)20-11-6-2-4-9-8-15-16-17(9)11/h2-8H,1H3. The molecular formula is C13H10N4O3. The topological polar surface area (TPSA) is 78.6 Å². The highest BCUT2D eigenvalue weighted by atomic mass is 16.5. The first-order valence-electron chi connectivity index (χ1n) is 5.80. The molecule has 7 heteroatoms. The van der Waals surface area contributed by atoms with Crippen LogP contribution in [0.4, 0.5) is 0 Å². The number of methoxy groups -OCH3 is 1. The highest BCUT2D eigenvalue weighted by molar-refractivity contribution is 5.93. The molecule has 100 valence electrons. The number of hydrogen-bond donors (Lipinski definition) is 0. The molecule has 0 N–H and O–H groups in total. The van der Waals surface area contributed by atoms with Crippen LogP contribution in [0.1, 0.15) is 10.4 Å². The van der Waals surface area contributed by atoms with Gasteiger partial charge in [-0.3, -0.25) is 0 Å². The number of fused-ring (bicyclic) bond motifs is 1. The fraction of sp³-hybridized carbons (Fsp3) is 0.0769. The van der Waals surface area contributed by atoms with Crippen LogP contribution in [0, 0.1) is 0 Å². The number of carbonyl (C=O) groups excluding carboxylic acids is 1. The molecule has 0 radical (unpaired) electrons. The molecule has 7 nitrogen and oxygen atoms in total. The first kappa shape index (κ1) is 12.1. The molecule has 0 saturated carbocycles. The second kappa shape index (κ2) is 4.96. The summed E-state index contributed by atoms with van der Waals surface area (Å²) in [6.45, 7) is 0. The average Bonchev–Trinajstić information content (AvgIpc) is 2.96. The second-order valence-electron chi connectivity index (χ2n) is 3.88. The van der Waals surface area contributed by atoms with Crippen molar-refractivity contribution in [3.63, 3.8) is 0 Å². The minimum atomic E-state index is -0.571. The van der Waals surface area contributed by atoms with Gasteiger partial charge in [0, 0.05) is 12.3 Å². The molecule has 0 spiro atoms. The van der Waals surface area contributed by atoms with Crippen molar-refractivity contribution >= 4 is 11.5 Å². The van der Waals surface area contributed by atoms with Gasteiger partial charge in [0.05, 0.1) is 18.8 Å². The molecule has 3 aromatic rings. The van der Waals surface area contributed by atoms with Crippen molar-refractivity contribution in [1.29, 1.82) is 0 Å². The Kier molecular flexibility index (Phi) is 3.00. The van der Waals surface area contributed by atoms with Crippen molar-refractivity contribution in [1.82, 2.24) is 19.8 Å². The number of hydrogen-bond acceptors (Lipinski definition) is 6. The van der Waals surface area contributed by atoms with Gasteiger partial charge in [-0.15, -0.1) is 5.10 Å². The minimum absolute atomic E-state index is 0.211. The van der Waals surface area contributed by atoms with Gasteiger partial charge in [0.1, 0.15) is 5.56 Å². The maximum absolute atomic E-state index is 12.2. The summed E-state index contributed by atoms with van der Waals surface area (Å²) >= 11 is 0. The highest BCUT2D eigenvalue weighted by Crippen LogP contribution is 2.18. The van der Waals surface area contributed by atoms with Gasteiger partial charge in [0.25, 0.3) is 0 Å². The van der Waals surface area contributed by atoms with E-state index in [0.717, 1.165) is 5.52 Å². The van der Waals surface area contributed by atoms with Crippen LogP contribution in [0.25, 0.3) is 5.52 Å². The van der Waals surface area contributed by atoms with Crippen LogP contribution in [-0.4, -0.2) is 32.9 Å². The van der Waals surface area contributed by atoms with Crippen LogP contribution in [0.5, 0.6) is 11.8 Å². The molecule has 3 rings (SSSR count). The number of nitrogens with zero attached hydrogens (tertiary/aromatic N) is 4. The van der Waals surface area contributed by atoms with Crippen LogP contribution in [0.15, 0.2) is 42.7 Å². The van der Waals surface area contributed by atoms with Gasteiger partial charge >= 0.3 is 5.97 Å². The lowest BCUT2D eigenvalue weighted by molar-refractivity contribution is 0.0719. The van der Waals surface area contributed by atoms with E-state index >= 15 is 0 Å². The first-order valence-corrected chi connectivity index (χ1v) is 5.80. The van der Waals surface area contributed by atoms with Gasteiger partial charge in [-0.1, -0.05) is 11.3 Å². The van der Waals surface area contributed by atoms with Crippen molar-refractivity contribution in [2.45, 2.75) is 0 Å². The molecule has 0 atom stereocenters. The number of rotatable bonds is 3. The Balaban J connectivity index is 1.95. The lowest BCUT2D eigenvalue weighted by atomic mass is 10.3. The van der Waals surface area contributed by atoms with Crippen LogP contribution in [0.3, 0.4) is 0 Å². The van der Waals surface area contributed by atoms with E-state index in [1.165, 1.54) is 17.8 Å². The molecule has 0 aliphatic rings. The summed E-state index contributed by atoms with van der Waals surface area (Å²) in [5, 5.41) is 7.61. The molecule has 20 heavy (non-hydrogen) atoms. The maximum Gasteiger partial charge on any atom is 0.350 e. The molecule has 0 amide bonds. The third-order valence-corrected chi connectivity index (χ3v) is 2.67. The molecular weight excluding hydrogens is 260 g/mol. The third kappa shape index (κ3) is 2.05. The van der Waals surface area contributed by atoms with Gasteiger partial charge in [0.15, 0.2) is 0 Å². The van der Waals surface area contributed by atoms with Crippen molar-refractivity contribution in [3.05, 3.63) is 48.3 Å². The molecule has 0 aromatic carbocycles. The Bertz CT molecular complexity index is 769. The van der Waals surface area contributed by atoms with Crippen LogP contribution in [0.2, 0.25) is 0 Å². The molecule has 0 unspecified atom stereocenters. The number of ether oxygens (including phenoxy) is 2. The molecule has 0 aliphatic heterocycles. The maximum atomic E-state index is 12.2. The van der Waals surface area contributed by atoms with Crippen molar-refractivity contribution in [3.8, 4) is 11.8 Å². The smallest absolute Gasteiger partial charge is 0.350 e. The molecule has 0 saturated heterocycles. The van der Waals surface area contributed by atoms with E-state index in [1.807, 2.05) is 6.07 Å². The van der Waals surface area contributed by atoms with Gasteiger partial charge < -0.3 is 9.47 Å². The summed E-state index contributed by atoms with van der Waals surface area (Å²) < 4.78 is 11.8. The number of carbonyl (C=O) groups is 1. The molecule has 0 fully saturated rings. The largest absolute Gasteiger partial charge is 0.480 e. The van der Waals surface area contributed by atoms with E-state index in [9.17, 15) is 4.79 Å². The fourth-order valence-electron chi connectivity index (χ4n) is 1.76. The van der Waals surface area contributed by atoms with E-state index in [4.69, 9.17) is 9.47 Å². The Morgan fingerprint density at radius 1 is 1.25 bits per heavy atom. The summed E-state index contributed by atoms with van der Waals surface area (Å²) in [5.74, 6) is -0.0860. The summed E-state index contributed by atoms with van der Waals surface area (Å²) in [4.78, 5) is 16.1. The highest BCUT2D eigenvalue weighted by Gasteiger charge is 2.16. The van der Waals surface area contributed by atoms with Crippen molar-refractivity contribution in [2.75, 3.05) is 7.11 Å². The minimum Gasteiger partial charge on any atom is -0.480 e. The quantitative estimate of drug-likeness (QED) is 0.668. The zero-order valence-corrected chi connectivity index (χ0v) is 10.6. The summed E-state index contributed by atoms with van der Waals surface area (Å²) in [6, 6.07) is 8.40. The van der Waals surface area contributed by atoms with Crippen LogP contribution in [-0.2, 0) is 0 Å². The van der Waals surface area contributed by atoms with Crippen LogP contribution >= 0.6 is 0 Å². The van der Waals surface area contributed by atoms with E-state index in [2.05, 4.69) is 15.3 Å². The average molecular weight is 270 g/mol. The number of aromatic nitrogens is 4. The van der Waals surface area contributed by atoms with Crippen molar-refractivity contribution in [2.24, 2.45) is 0 Å². The summed E-state index contributed by atoms with van der Waals surface area (Å²) in [7, 11) is 1.44. The number of pyridine rings is 2. The Morgan fingerprint density at radius 2 is 2.15 bits per heavy atom. The number of esters is 1. The monoisotopic (exact) mass is 270 g/mol. The molecule has 3 aromatic heterocycles. The van der Waals surface area contributed by atoms with Gasteiger partial charge in [-0.25, -0.2) is 9.78 Å². The summed E-state index contributed by atoms with van der Waals surface area (Å²) in [6.07, 6.45) is 3.11. The lowest BCUT2D eigenvalue weighted by Gasteiger charge is -2.07. The fourth-order valence-corrected chi connectivity index (χ4v) is 1.76. The third-order valence-electron chi connectivity index (χ3n) is 2.67. The van der Waals surface area contributed by atoms with Crippen molar-refractivity contribution < 1.29 is 14.3 Å². The first-order chi connectivity index (χ1) is 9.79. The molecule has 3 heterocycles. The predicted octanol–water partition coefficient (Wildman–Crippen LogP) is 1.35. The Morgan fingerprint density at radius 3 is 3.00 bits per heavy atom. The normalized spacial score (nSPS) is 10.4. The molecule has 0 bridgehead atoms. The van der Waals surface area contributed by atoms with Gasteiger partial charge in [-0.05, 0) is 18.2 Å². The van der Waals surface area contributed by atoms with Gasteiger partial charge in [0.2, 0.25) is 11.8 Å². The predicted molar refractivity (Wildman–Crippen MR) is 68.7 cm³/mol. The molecule has 0 aliphatic carbocycles. The van der Waals surface area contributed by atoms with E-state index in [0.29, 0.717) is 0 Å². The Hall–Kier alpha value is -2.96. The second-order valence-corrected chi connectivity index (χ2v) is 3.88. The zero-order chi connectivity index (χ0) is 13.9. The van der Waals surface area contributed by atoms with Gasteiger partial charge in [-0.2, -0.15) is 4.52 Å². The van der Waals surface area contributed by atoms with E-state index in [1.54, 1.807) is 30.5 Å². The lowest BCUT2D eigenvalue weighted by Crippen LogP contribution is -2.13. The SMILES string of the molecule is COc1ncccc1C(=O)Oc1cccc2cnnn12. The van der Waals surface area contributed by atoms with E-state index < -0.39 is 5.97 Å². The Labute approximate surface area is 113 Å². The van der Waals surface area contributed by atoms with Crippen LogP contribution < -0.4 is 9.47 Å².